The van der Waals surface area contributed by atoms with Crippen LogP contribution in [0, 0.1) is 0 Å². The van der Waals surface area contributed by atoms with Crippen LogP contribution in [0.25, 0.3) is 0 Å². The summed E-state index contributed by atoms with van der Waals surface area (Å²) in [5, 5.41) is 5.74. The summed E-state index contributed by atoms with van der Waals surface area (Å²) in [6.45, 7) is 2.48. The number of esters is 1. The van der Waals surface area contributed by atoms with Crippen molar-refractivity contribution in [3.05, 3.63) is 0 Å². The number of hydrogen-bond acceptors (Lipinski definition) is 4. The van der Waals surface area contributed by atoms with Crippen molar-refractivity contribution in [3.8, 4) is 0 Å². The number of nitrogens with one attached hydrogen (secondary N) is 2. The first-order valence-corrected chi connectivity index (χ1v) is 5.26. The maximum Gasteiger partial charge on any atom is 0.328 e. The van der Waals surface area contributed by atoms with Crippen LogP contribution in [0.4, 0.5) is 0 Å². The fourth-order valence-electron chi connectivity index (χ4n) is 1.63. The van der Waals surface area contributed by atoms with Crippen LogP contribution < -0.4 is 10.6 Å². The number of amides is 1. The van der Waals surface area contributed by atoms with Gasteiger partial charge in [0.15, 0.2) is 0 Å². The summed E-state index contributed by atoms with van der Waals surface area (Å²) in [6.07, 6.45) is 2.99. The lowest BCUT2D eigenvalue weighted by Gasteiger charge is -2.23. The van der Waals surface area contributed by atoms with E-state index in [0.717, 1.165) is 25.8 Å². The van der Waals surface area contributed by atoms with E-state index in [0.29, 0.717) is 0 Å². The summed E-state index contributed by atoms with van der Waals surface area (Å²) in [5.74, 6) is -0.535. The number of ether oxygens (including phenoxy) is 1. The van der Waals surface area contributed by atoms with Gasteiger partial charge < -0.3 is 15.4 Å². The summed E-state index contributed by atoms with van der Waals surface area (Å²) in [6, 6.07) is -0.739. The van der Waals surface area contributed by atoms with Gasteiger partial charge in [0.25, 0.3) is 0 Å². The van der Waals surface area contributed by atoms with E-state index in [9.17, 15) is 9.59 Å². The molecule has 0 aromatic heterocycles. The number of carbonyl (C=O) groups excluding carboxylic acids is 2. The van der Waals surface area contributed by atoms with Gasteiger partial charge in [0, 0.05) is 0 Å². The van der Waals surface area contributed by atoms with Gasteiger partial charge in [-0.05, 0) is 26.3 Å². The summed E-state index contributed by atoms with van der Waals surface area (Å²) >= 11 is 0. The minimum absolute atomic E-state index is 0.118. The van der Waals surface area contributed by atoms with E-state index >= 15 is 0 Å². The van der Waals surface area contributed by atoms with Gasteiger partial charge in [0.2, 0.25) is 5.91 Å². The van der Waals surface area contributed by atoms with Crippen molar-refractivity contribution in [3.63, 3.8) is 0 Å². The Labute approximate surface area is 89.6 Å². The molecule has 1 amide bonds. The molecule has 86 valence electrons. The van der Waals surface area contributed by atoms with Crippen molar-refractivity contribution in [1.29, 1.82) is 0 Å². The Bertz CT molecular complexity index is 237. The molecule has 1 rings (SSSR count). The molecule has 1 aliphatic heterocycles. The van der Waals surface area contributed by atoms with Crippen molar-refractivity contribution >= 4 is 11.9 Å². The molecule has 2 atom stereocenters. The predicted molar refractivity (Wildman–Crippen MR) is 55.3 cm³/mol. The molecule has 0 aromatic carbocycles. The van der Waals surface area contributed by atoms with Crippen LogP contribution in [0.15, 0.2) is 0 Å². The maximum atomic E-state index is 11.6. The van der Waals surface area contributed by atoms with E-state index in [2.05, 4.69) is 15.4 Å². The van der Waals surface area contributed by atoms with E-state index in [1.807, 2.05) is 0 Å². The Morgan fingerprint density at radius 1 is 1.47 bits per heavy atom. The zero-order chi connectivity index (χ0) is 11.3. The largest absolute Gasteiger partial charge is 0.467 e. The summed E-state index contributed by atoms with van der Waals surface area (Å²) < 4.78 is 4.53. The van der Waals surface area contributed by atoms with Crippen LogP contribution in [0.5, 0.6) is 0 Å². The van der Waals surface area contributed by atoms with Crippen LogP contribution in [0.1, 0.15) is 26.2 Å². The van der Waals surface area contributed by atoms with Gasteiger partial charge in [0.1, 0.15) is 6.04 Å². The van der Waals surface area contributed by atoms with E-state index in [-0.39, 0.29) is 11.9 Å². The SMILES string of the molecule is COC(=O)C(C)NC(=O)[C@@H]1CCCCN1. The molecule has 2 N–H and O–H groups in total. The van der Waals surface area contributed by atoms with Crippen molar-refractivity contribution < 1.29 is 14.3 Å². The first kappa shape index (κ1) is 12.0. The second-order valence-corrected chi connectivity index (χ2v) is 3.76. The van der Waals surface area contributed by atoms with Crippen LogP contribution in [-0.4, -0.2) is 37.6 Å². The normalized spacial score (nSPS) is 22.9. The Morgan fingerprint density at radius 2 is 2.20 bits per heavy atom. The topological polar surface area (TPSA) is 67.4 Å². The third kappa shape index (κ3) is 3.51. The molecule has 1 heterocycles. The second kappa shape index (κ2) is 5.70. The number of rotatable bonds is 3. The highest BCUT2D eigenvalue weighted by Gasteiger charge is 2.23. The predicted octanol–water partition coefficient (Wildman–Crippen LogP) is -0.194. The van der Waals surface area contributed by atoms with Gasteiger partial charge in [-0.25, -0.2) is 4.79 Å². The average Bonchev–Trinajstić information content (AvgIpc) is 2.29. The minimum atomic E-state index is -0.578. The van der Waals surface area contributed by atoms with E-state index in [1.165, 1.54) is 7.11 Å². The summed E-state index contributed by atoms with van der Waals surface area (Å²) in [5.41, 5.74) is 0. The van der Waals surface area contributed by atoms with Crippen LogP contribution in [0.3, 0.4) is 0 Å². The number of methoxy groups -OCH3 is 1. The monoisotopic (exact) mass is 214 g/mol. The molecule has 5 heteroatoms. The van der Waals surface area contributed by atoms with Crippen molar-refractivity contribution in [2.45, 2.75) is 38.3 Å². The smallest absolute Gasteiger partial charge is 0.328 e. The molecule has 1 saturated heterocycles. The zero-order valence-electron chi connectivity index (χ0n) is 9.21. The summed E-state index contributed by atoms with van der Waals surface area (Å²) in [7, 11) is 1.31. The van der Waals surface area contributed by atoms with Crippen molar-refractivity contribution in [2.75, 3.05) is 13.7 Å². The van der Waals surface area contributed by atoms with Gasteiger partial charge in [-0.1, -0.05) is 6.42 Å². The first-order chi connectivity index (χ1) is 7.15. The molecule has 15 heavy (non-hydrogen) atoms. The van der Waals surface area contributed by atoms with Crippen LogP contribution >= 0.6 is 0 Å². The van der Waals surface area contributed by atoms with Gasteiger partial charge in [-0.3, -0.25) is 4.79 Å². The molecular formula is C10H18N2O3. The molecule has 1 fully saturated rings. The molecule has 0 radical (unpaired) electrons. The highest BCUT2D eigenvalue weighted by Crippen LogP contribution is 2.07. The minimum Gasteiger partial charge on any atom is -0.467 e. The zero-order valence-corrected chi connectivity index (χ0v) is 9.21. The molecule has 0 aliphatic carbocycles. The molecule has 1 unspecified atom stereocenters. The van der Waals surface area contributed by atoms with Crippen molar-refractivity contribution in [1.82, 2.24) is 10.6 Å². The van der Waals surface area contributed by atoms with Crippen molar-refractivity contribution in [2.24, 2.45) is 0 Å². The molecule has 0 aromatic rings. The van der Waals surface area contributed by atoms with E-state index in [1.54, 1.807) is 6.92 Å². The summed E-state index contributed by atoms with van der Waals surface area (Å²) in [4.78, 5) is 22.7. The van der Waals surface area contributed by atoms with Gasteiger partial charge >= 0.3 is 5.97 Å². The molecule has 0 spiro atoms. The van der Waals surface area contributed by atoms with Crippen LogP contribution in [-0.2, 0) is 14.3 Å². The Morgan fingerprint density at radius 3 is 2.73 bits per heavy atom. The van der Waals surface area contributed by atoms with E-state index in [4.69, 9.17) is 0 Å². The average molecular weight is 214 g/mol. The fraction of sp³-hybridized carbons (Fsp3) is 0.800. The third-order valence-corrected chi connectivity index (χ3v) is 2.54. The highest BCUT2D eigenvalue weighted by atomic mass is 16.5. The Hall–Kier alpha value is -1.10. The molecule has 5 nitrogen and oxygen atoms in total. The molecule has 0 saturated carbocycles. The van der Waals surface area contributed by atoms with Gasteiger partial charge in [-0.2, -0.15) is 0 Å². The number of carbonyl (C=O) groups is 2. The second-order valence-electron chi connectivity index (χ2n) is 3.76. The lowest BCUT2D eigenvalue weighted by molar-refractivity contribution is -0.144. The first-order valence-electron chi connectivity index (χ1n) is 5.26. The Balaban J connectivity index is 2.36. The maximum absolute atomic E-state index is 11.6. The number of piperidine rings is 1. The fourth-order valence-corrected chi connectivity index (χ4v) is 1.63. The standard InChI is InChI=1S/C10H18N2O3/c1-7(10(14)15-2)12-9(13)8-5-3-4-6-11-8/h7-8,11H,3-6H2,1-2H3,(H,12,13)/t7?,8-/m0/s1. The molecule has 1 aliphatic rings. The number of hydrogen-bond donors (Lipinski definition) is 2. The quantitative estimate of drug-likeness (QED) is 0.639. The molecular weight excluding hydrogens is 196 g/mol. The van der Waals surface area contributed by atoms with E-state index < -0.39 is 12.0 Å². The molecule has 0 bridgehead atoms. The van der Waals surface area contributed by atoms with Crippen LogP contribution in [0.2, 0.25) is 0 Å². The van der Waals surface area contributed by atoms with Gasteiger partial charge in [0.05, 0.1) is 13.2 Å². The Kier molecular flexibility index (Phi) is 4.55. The van der Waals surface area contributed by atoms with Gasteiger partial charge in [-0.15, -0.1) is 0 Å². The highest BCUT2D eigenvalue weighted by molar-refractivity contribution is 5.87. The third-order valence-electron chi connectivity index (χ3n) is 2.54. The lowest BCUT2D eigenvalue weighted by Crippen LogP contribution is -2.50. The lowest BCUT2D eigenvalue weighted by atomic mass is 10.0.